The molecule has 2 heterocycles. The van der Waals surface area contributed by atoms with Crippen molar-refractivity contribution >= 4 is 65.1 Å². The van der Waals surface area contributed by atoms with Crippen LogP contribution in [-0.2, 0) is 0 Å². The van der Waals surface area contributed by atoms with Gasteiger partial charge in [0.15, 0.2) is 0 Å². The van der Waals surface area contributed by atoms with Crippen molar-refractivity contribution in [2.75, 3.05) is 0 Å². The van der Waals surface area contributed by atoms with Gasteiger partial charge < -0.3 is 0 Å². The number of hydrogen-bond donors (Lipinski definition) is 0. The van der Waals surface area contributed by atoms with Crippen LogP contribution in [0.5, 0.6) is 0 Å². The average Bonchev–Trinajstić information content (AvgIpc) is 3.21. The maximum atomic E-state index is 2.26. The van der Waals surface area contributed by atoms with Gasteiger partial charge in [0.2, 0.25) is 0 Å². The van der Waals surface area contributed by atoms with Crippen LogP contribution in [0, 0.1) is 0 Å². The molecule has 0 nitrogen and oxygen atoms in total. The molecule has 0 saturated carbocycles. The molecule has 24 heavy (non-hydrogen) atoms. The molecule has 0 aliphatic rings. The molecule has 2 aromatic heterocycles. The Bertz CT molecular complexity index is 1200. The Kier molecular flexibility index (Phi) is 3.25. The molecule has 0 radical (unpaired) electrons. The summed E-state index contributed by atoms with van der Waals surface area (Å²) in [6, 6.07) is 23.9. The van der Waals surface area contributed by atoms with Gasteiger partial charge in [-0.3, -0.25) is 0 Å². The second kappa shape index (κ2) is 5.59. The van der Waals surface area contributed by atoms with Crippen molar-refractivity contribution in [3.8, 4) is 0 Å². The molecule has 0 spiro atoms. The highest BCUT2D eigenvalue weighted by Gasteiger charge is 2.07. The van der Waals surface area contributed by atoms with Gasteiger partial charge in [-0.2, -0.15) is 0 Å². The summed E-state index contributed by atoms with van der Waals surface area (Å²) in [4.78, 5) is 0. The van der Waals surface area contributed by atoms with Gasteiger partial charge in [0.1, 0.15) is 0 Å². The number of benzene rings is 3. The van der Waals surface area contributed by atoms with E-state index in [0.717, 1.165) is 0 Å². The lowest BCUT2D eigenvalue weighted by molar-refractivity contribution is 1.79. The Labute approximate surface area is 148 Å². The first kappa shape index (κ1) is 14.0. The Morgan fingerprint density at radius 2 is 1.29 bits per heavy atom. The lowest BCUT2D eigenvalue weighted by Gasteiger charge is -1.98. The van der Waals surface area contributed by atoms with E-state index in [1.165, 1.54) is 41.4 Å². The van der Waals surface area contributed by atoms with Crippen molar-refractivity contribution in [2.45, 2.75) is 0 Å². The van der Waals surface area contributed by atoms with Crippen molar-refractivity contribution in [1.82, 2.24) is 0 Å². The summed E-state index contributed by atoms with van der Waals surface area (Å²) in [6.45, 7) is 0. The van der Waals surface area contributed by atoms with Crippen LogP contribution in [0.3, 0.4) is 0 Å². The standard InChI is InChI=1S/C22H14S2/c1-3-9-19-17(7-1)16(14-23-19)13-12-15-6-5-11-21-22(15)18-8-2-4-10-20(18)24-21/h1-14H/b13-12+. The quantitative estimate of drug-likeness (QED) is 0.313. The van der Waals surface area contributed by atoms with E-state index in [1.807, 2.05) is 22.7 Å². The first-order valence-corrected chi connectivity index (χ1v) is 9.64. The lowest BCUT2D eigenvalue weighted by atomic mass is 10.0. The Morgan fingerprint density at radius 3 is 2.21 bits per heavy atom. The zero-order chi connectivity index (χ0) is 15.9. The van der Waals surface area contributed by atoms with Crippen molar-refractivity contribution in [3.63, 3.8) is 0 Å². The van der Waals surface area contributed by atoms with Crippen LogP contribution in [0.1, 0.15) is 11.1 Å². The van der Waals surface area contributed by atoms with Gasteiger partial charge in [-0.05, 0) is 40.1 Å². The van der Waals surface area contributed by atoms with Crippen LogP contribution >= 0.6 is 22.7 Å². The summed E-state index contributed by atoms with van der Waals surface area (Å²) in [5.74, 6) is 0. The molecular weight excluding hydrogens is 328 g/mol. The summed E-state index contributed by atoms with van der Waals surface area (Å²) in [6.07, 6.45) is 4.51. The molecule has 0 fully saturated rings. The van der Waals surface area contributed by atoms with Crippen molar-refractivity contribution in [1.29, 1.82) is 0 Å². The van der Waals surface area contributed by atoms with Gasteiger partial charge in [-0.15, -0.1) is 22.7 Å². The average molecular weight is 342 g/mol. The van der Waals surface area contributed by atoms with Gasteiger partial charge in [0.05, 0.1) is 0 Å². The smallest absolute Gasteiger partial charge is 0.0361 e. The van der Waals surface area contributed by atoms with Crippen molar-refractivity contribution in [3.05, 3.63) is 83.2 Å². The predicted molar refractivity (Wildman–Crippen MR) is 110 cm³/mol. The summed E-state index contributed by atoms with van der Waals surface area (Å²) < 4.78 is 4.05. The van der Waals surface area contributed by atoms with Gasteiger partial charge in [0.25, 0.3) is 0 Å². The van der Waals surface area contributed by atoms with Crippen LogP contribution in [-0.4, -0.2) is 0 Å². The minimum atomic E-state index is 1.29. The highest BCUT2D eigenvalue weighted by atomic mass is 32.1. The highest BCUT2D eigenvalue weighted by molar-refractivity contribution is 7.25. The maximum Gasteiger partial charge on any atom is 0.0361 e. The SMILES string of the molecule is C(=C\c1cccc2sc3ccccc3c12)/c1csc2ccccc12. The third-order valence-corrected chi connectivity index (χ3v) is 6.51. The van der Waals surface area contributed by atoms with E-state index >= 15 is 0 Å². The first-order chi connectivity index (χ1) is 11.9. The number of rotatable bonds is 2. The van der Waals surface area contributed by atoms with Crippen LogP contribution in [0.4, 0.5) is 0 Å². The molecule has 0 atom stereocenters. The number of thiophene rings is 2. The fourth-order valence-electron chi connectivity index (χ4n) is 3.25. The van der Waals surface area contributed by atoms with Crippen LogP contribution in [0.15, 0.2) is 72.1 Å². The summed E-state index contributed by atoms with van der Waals surface area (Å²) in [5.41, 5.74) is 2.59. The van der Waals surface area contributed by atoms with E-state index in [1.54, 1.807) is 0 Å². The van der Waals surface area contributed by atoms with Crippen molar-refractivity contribution < 1.29 is 0 Å². The number of hydrogen-bond acceptors (Lipinski definition) is 2. The molecule has 3 aromatic carbocycles. The lowest BCUT2D eigenvalue weighted by Crippen LogP contribution is -1.75. The topological polar surface area (TPSA) is 0 Å². The van der Waals surface area contributed by atoms with E-state index in [0.29, 0.717) is 0 Å². The Balaban J connectivity index is 1.69. The fraction of sp³-hybridized carbons (Fsp3) is 0. The van der Waals surface area contributed by atoms with E-state index < -0.39 is 0 Å². The Hall–Kier alpha value is -2.42. The van der Waals surface area contributed by atoms with Crippen LogP contribution in [0.25, 0.3) is 42.4 Å². The summed E-state index contributed by atoms with van der Waals surface area (Å²) in [7, 11) is 0. The third kappa shape index (κ3) is 2.19. The minimum Gasteiger partial charge on any atom is -0.143 e. The third-order valence-electron chi connectivity index (χ3n) is 4.39. The molecule has 0 bridgehead atoms. The molecule has 0 aliphatic heterocycles. The molecule has 5 rings (SSSR count). The molecule has 0 saturated heterocycles. The van der Waals surface area contributed by atoms with E-state index in [9.17, 15) is 0 Å². The van der Waals surface area contributed by atoms with Gasteiger partial charge in [0, 0.05) is 24.9 Å². The molecule has 114 valence electrons. The summed E-state index contributed by atoms with van der Waals surface area (Å²) in [5, 5.41) is 6.30. The largest absolute Gasteiger partial charge is 0.143 e. The highest BCUT2D eigenvalue weighted by Crippen LogP contribution is 2.36. The molecule has 0 amide bonds. The summed E-state index contributed by atoms with van der Waals surface area (Å²) >= 11 is 3.68. The Morgan fingerprint density at radius 1 is 0.583 bits per heavy atom. The van der Waals surface area contributed by atoms with Gasteiger partial charge >= 0.3 is 0 Å². The molecule has 0 aliphatic carbocycles. The van der Waals surface area contributed by atoms with Gasteiger partial charge in [-0.25, -0.2) is 0 Å². The maximum absolute atomic E-state index is 2.26. The van der Waals surface area contributed by atoms with E-state index in [2.05, 4.69) is 84.3 Å². The van der Waals surface area contributed by atoms with E-state index in [-0.39, 0.29) is 0 Å². The fourth-order valence-corrected chi connectivity index (χ4v) is 5.32. The second-order valence-corrected chi connectivity index (χ2v) is 7.83. The van der Waals surface area contributed by atoms with Crippen molar-refractivity contribution in [2.24, 2.45) is 0 Å². The number of fused-ring (bicyclic) bond motifs is 4. The second-order valence-electron chi connectivity index (χ2n) is 5.84. The molecule has 5 aromatic rings. The molecular formula is C22H14S2. The predicted octanol–water partition coefficient (Wildman–Crippen LogP) is 7.44. The van der Waals surface area contributed by atoms with E-state index in [4.69, 9.17) is 0 Å². The normalized spacial score (nSPS) is 12.0. The monoisotopic (exact) mass is 342 g/mol. The zero-order valence-electron chi connectivity index (χ0n) is 12.9. The van der Waals surface area contributed by atoms with Crippen LogP contribution in [0.2, 0.25) is 0 Å². The zero-order valence-corrected chi connectivity index (χ0v) is 14.5. The molecule has 2 heteroatoms. The minimum absolute atomic E-state index is 1.29. The molecule has 0 unspecified atom stereocenters. The van der Waals surface area contributed by atoms with Gasteiger partial charge in [-0.1, -0.05) is 60.7 Å². The van der Waals surface area contributed by atoms with Crippen LogP contribution < -0.4 is 0 Å². The molecule has 0 N–H and O–H groups in total. The first-order valence-electron chi connectivity index (χ1n) is 7.95.